The van der Waals surface area contributed by atoms with Crippen LogP contribution in [0, 0.1) is 18.6 Å². The molecule has 1 unspecified atom stereocenters. The van der Waals surface area contributed by atoms with Gasteiger partial charge in [0.15, 0.2) is 11.6 Å². The van der Waals surface area contributed by atoms with Crippen molar-refractivity contribution >= 4 is 11.8 Å². The third-order valence-electron chi connectivity index (χ3n) is 2.97. The van der Waals surface area contributed by atoms with Gasteiger partial charge in [-0.3, -0.25) is 0 Å². The molecule has 106 valence electrons. The predicted molar refractivity (Wildman–Crippen MR) is 79.9 cm³/mol. The molecule has 0 saturated heterocycles. The van der Waals surface area contributed by atoms with E-state index in [1.165, 1.54) is 11.6 Å². The molecule has 2 N–H and O–H groups in total. The Labute approximate surface area is 122 Å². The molecule has 0 aromatic heterocycles. The molecule has 0 aliphatic rings. The Balaban J connectivity index is 1.92. The van der Waals surface area contributed by atoms with Gasteiger partial charge in [-0.15, -0.1) is 11.8 Å². The number of rotatable bonds is 5. The second kappa shape index (κ2) is 6.86. The Bertz CT molecular complexity index is 586. The lowest BCUT2D eigenvalue weighted by Crippen LogP contribution is -2.26. The first-order valence-electron chi connectivity index (χ1n) is 6.44. The number of halogens is 2. The number of aryl methyl sites for hydroxylation is 1. The fraction of sp³-hybridized carbons (Fsp3) is 0.250. The standard InChI is InChI=1S/C16H17F2NS/c1-11-4-2-6-14(8-11)20-10-13(19)9-12-5-3-7-15(17)16(12)18/h2-8,13H,9-10,19H2,1H3. The molecule has 2 rings (SSSR count). The lowest BCUT2D eigenvalue weighted by atomic mass is 10.1. The first-order chi connectivity index (χ1) is 9.56. The van der Waals surface area contributed by atoms with Crippen LogP contribution in [0.15, 0.2) is 47.4 Å². The summed E-state index contributed by atoms with van der Waals surface area (Å²) in [5, 5.41) is 0. The van der Waals surface area contributed by atoms with E-state index < -0.39 is 11.6 Å². The molecule has 0 bridgehead atoms. The normalized spacial score (nSPS) is 12.4. The summed E-state index contributed by atoms with van der Waals surface area (Å²) < 4.78 is 26.6. The highest BCUT2D eigenvalue weighted by molar-refractivity contribution is 7.99. The van der Waals surface area contributed by atoms with Crippen molar-refractivity contribution in [1.29, 1.82) is 0 Å². The van der Waals surface area contributed by atoms with Gasteiger partial charge in [-0.2, -0.15) is 0 Å². The summed E-state index contributed by atoms with van der Waals surface area (Å²) in [5.74, 6) is -0.941. The van der Waals surface area contributed by atoms with E-state index in [-0.39, 0.29) is 6.04 Å². The zero-order valence-electron chi connectivity index (χ0n) is 11.3. The van der Waals surface area contributed by atoms with Gasteiger partial charge in [0.05, 0.1) is 0 Å². The molecular formula is C16H17F2NS. The molecule has 0 saturated carbocycles. The molecule has 20 heavy (non-hydrogen) atoms. The molecule has 1 atom stereocenters. The highest BCUT2D eigenvalue weighted by atomic mass is 32.2. The monoisotopic (exact) mass is 293 g/mol. The van der Waals surface area contributed by atoms with Crippen LogP contribution in [-0.2, 0) is 6.42 Å². The van der Waals surface area contributed by atoms with Crippen LogP contribution in [0.2, 0.25) is 0 Å². The molecule has 1 nitrogen and oxygen atoms in total. The average Bonchev–Trinajstić information content (AvgIpc) is 2.42. The van der Waals surface area contributed by atoms with Gasteiger partial charge < -0.3 is 5.73 Å². The maximum atomic E-state index is 13.5. The Hall–Kier alpha value is -1.39. The molecule has 0 amide bonds. The quantitative estimate of drug-likeness (QED) is 0.845. The predicted octanol–water partition coefficient (Wildman–Crippen LogP) is 3.94. The van der Waals surface area contributed by atoms with E-state index in [9.17, 15) is 8.78 Å². The number of thioether (sulfide) groups is 1. The molecule has 0 spiro atoms. The summed E-state index contributed by atoms with van der Waals surface area (Å²) in [6.45, 7) is 2.03. The fourth-order valence-electron chi connectivity index (χ4n) is 1.96. The maximum Gasteiger partial charge on any atom is 0.162 e. The van der Waals surface area contributed by atoms with E-state index >= 15 is 0 Å². The molecule has 4 heteroatoms. The van der Waals surface area contributed by atoms with Crippen molar-refractivity contribution in [3.8, 4) is 0 Å². The van der Waals surface area contributed by atoms with Crippen LogP contribution in [0.25, 0.3) is 0 Å². The molecule has 0 fully saturated rings. The van der Waals surface area contributed by atoms with E-state index in [2.05, 4.69) is 6.07 Å². The largest absolute Gasteiger partial charge is 0.327 e. The van der Waals surface area contributed by atoms with Gasteiger partial charge in [0, 0.05) is 16.7 Å². The number of benzene rings is 2. The summed E-state index contributed by atoms with van der Waals surface area (Å²) in [7, 11) is 0. The highest BCUT2D eigenvalue weighted by Gasteiger charge is 2.12. The summed E-state index contributed by atoms with van der Waals surface area (Å²) >= 11 is 1.63. The Morgan fingerprint density at radius 1 is 1.15 bits per heavy atom. The van der Waals surface area contributed by atoms with Crippen molar-refractivity contribution in [2.75, 3.05) is 5.75 Å². The van der Waals surface area contributed by atoms with Crippen molar-refractivity contribution in [3.05, 3.63) is 65.2 Å². The molecular weight excluding hydrogens is 276 g/mol. The Kier molecular flexibility index (Phi) is 5.15. The van der Waals surface area contributed by atoms with Crippen molar-refractivity contribution < 1.29 is 8.78 Å². The van der Waals surface area contributed by atoms with Crippen LogP contribution in [0.4, 0.5) is 8.78 Å². The van der Waals surface area contributed by atoms with Crippen LogP contribution in [0.1, 0.15) is 11.1 Å². The van der Waals surface area contributed by atoms with Crippen LogP contribution in [-0.4, -0.2) is 11.8 Å². The van der Waals surface area contributed by atoms with E-state index in [1.54, 1.807) is 17.8 Å². The van der Waals surface area contributed by atoms with Crippen molar-refractivity contribution in [3.63, 3.8) is 0 Å². The average molecular weight is 293 g/mol. The minimum absolute atomic E-state index is 0.211. The van der Waals surface area contributed by atoms with Gasteiger partial charge in [0.1, 0.15) is 0 Å². The van der Waals surface area contributed by atoms with Gasteiger partial charge in [-0.25, -0.2) is 8.78 Å². The SMILES string of the molecule is Cc1cccc(SCC(N)Cc2cccc(F)c2F)c1. The first kappa shape index (κ1) is 15.0. The van der Waals surface area contributed by atoms with Crippen LogP contribution >= 0.6 is 11.8 Å². The number of hydrogen-bond acceptors (Lipinski definition) is 2. The zero-order valence-corrected chi connectivity index (χ0v) is 12.1. The van der Waals surface area contributed by atoms with Crippen molar-refractivity contribution in [2.45, 2.75) is 24.3 Å². The van der Waals surface area contributed by atoms with Crippen molar-refractivity contribution in [1.82, 2.24) is 0 Å². The number of nitrogens with two attached hydrogens (primary N) is 1. The van der Waals surface area contributed by atoms with E-state index in [0.29, 0.717) is 17.7 Å². The summed E-state index contributed by atoms with van der Waals surface area (Å²) in [4.78, 5) is 1.14. The van der Waals surface area contributed by atoms with Gasteiger partial charge in [0.2, 0.25) is 0 Å². The Morgan fingerprint density at radius 2 is 1.90 bits per heavy atom. The molecule has 2 aromatic rings. The topological polar surface area (TPSA) is 26.0 Å². The van der Waals surface area contributed by atoms with Gasteiger partial charge in [-0.05, 0) is 37.1 Å². The Morgan fingerprint density at radius 3 is 2.65 bits per heavy atom. The van der Waals surface area contributed by atoms with E-state index in [0.717, 1.165) is 11.0 Å². The molecule has 2 aromatic carbocycles. The minimum atomic E-state index is -0.818. The third-order valence-corrected chi connectivity index (χ3v) is 4.15. The highest BCUT2D eigenvalue weighted by Crippen LogP contribution is 2.21. The summed E-state index contributed by atoms with van der Waals surface area (Å²) in [6, 6.07) is 12.1. The maximum absolute atomic E-state index is 13.5. The number of hydrogen-bond donors (Lipinski definition) is 1. The molecule has 0 radical (unpaired) electrons. The summed E-state index contributed by atoms with van der Waals surface area (Å²) in [5.41, 5.74) is 7.53. The van der Waals surface area contributed by atoms with Crippen molar-refractivity contribution in [2.24, 2.45) is 5.73 Å². The molecule has 0 aliphatic heterocycles. The van der Waals surface area contributed by atoms with E-state index in [4.69, 9.17) is 5.73 Å². The third kappa shape index (κ3) is 4.05. The summed E-state index contributed by atoms with van der Waals surface area (Å²) in [6.07, 6.45) is 0.336. The van der Waals surface area contributed by atoms with Gasteiger partial charge in [-0.1, -0.05) is 29.8 Å². The van der Waals surface area contributed by atoms with Crippen LogP contribution in [0.3, 0.4) is 0 Å². The molecule has 0 aliphatic carbocycles. The van der Waals surface area contributed by atoms with Gasteiger partial charge in [0.25, 0.3) is 0 Å². The smallest absolute Gasteiger partial charge is 0.162 e. The fourth-order valence-corrected chi connectivity index (χ4v) is 2.92. The van der Waals surface area contributed by atoms with Gasteiger partial charge >= 0.3 is 0 Å². The lowest BCUT2D eigenvalue weighted by molar-refractivity contribution is 0.495. The first-order valence-corrected chi connectivity index (χ1v) is 7.43. The van der Waals surface area contributed by atoms with E-state index in [1.807, 2.05) is 25.1 Å². The second-order valence-electron chi connectivity index (χ2n) is 4.80. The van der Waals surface area contributed by atoms with Crippen LogP contribution in [0.5, 0.6) is 0 Å². The lowest BCUT2D eigenvalue weighted by Gasteiger charge is -2.12. The molecule has 0 heterocycles. The minimum Gasteiger partial charge on any atom is -0.327 e. The van der Waals surface area contributed by atoms with Crippen LogP contribution < -0.4 is 5.73 Å². The second-order valence-corrected chi connectivity index (χ2v) is 5.90. The zero-order chi connectivity index (χ0) is 14.5.